The zero-order valence-electron chi connectivity index (χ0n) is 14.7. The maximum absolute atomic E-state index is 12.8. The first-order valence-corrected chi connectivity index (χ1v) is 9.10. The van der Waals surface area contributed by atoms with Crippen molar-refractivity contribution in [3.8, 4) is 0 Å². The minimum absolute atomic E-state index is 0.00463. The minimum atomic E-state index is -0.372. The molecule has 1 amide bonds. The highest BCUT2D eigenvalue weighted by Gasteiger charge is 2.35. The van der Waals surface area contributed by atoms with E-state index in [0.717, 1.165) is 45.4 Å². The molecule has 2 saturated heterocycles. The molecule has 1 aromatic rings. The van der Waals surface area contributed by atoms with E-state index in [1.807, 2.05) is 0 Å². The van der Waals surface area contributed by atoms with Crippen molar-refractivity contribution >= 4 is 17.6 Å². The molecular formula is C19H26N2O4. The van der Waals surface area contributed by atoms with Gasteiger partial charge in [-0.2, -0.15) is 0 Å². The van der Waals surface area contributed by atoms with E-state index < -0.39 is 0 Å². The summed E-state index contributed by atoms with van der Waals surface area (Å²) in [5.74, 6) is -0.367. The van der Waals surface area contributed by atoms with Crippen molar-refractivity contribution < 1.29 is 19.1 Å². The highest BCUT2D eigenvalue weighted by molar-refractivity contribution is 5.97. The molecule has 0 aliphatic carbocycles. The molecule has 2 fully saturated rings. The van der Waals surface area contributed by atoms with Crippen molar-refractivity contribution in [1.29, 1.82) is 0 Å². The standard InChI is InChI=1S/C19H26N2O4/c1-2-25-19(23)14-5-3-6-15(13-14)20-18(22)17-7-4-10-21(17)16-8-11-24-12-9-16/h3,5-6,13,16-17H,2,4,7-12H2,1H3,(H,20,22)/t17-/m0/s1. The summed E-state index contributed by atoms with van der Waals surface area (Å²) in [4.78, 5) is 26.9. The Morgan fingerprint density at radius 3 is 2.84 bits per heavy atom. The van der Waals surface area contributed by atoms with Gasteiger partial charge in [0, 0.05) is 24.9 Å². The van der Waals surface area contributed by atoms with Crippen molar-refractivity contribution in [2.45, 2.75) is 44.7 Å². The van der Waals surface area contributed by atoms with E-state index in [-0.39, 0.29) is 17.9 Å². The van der Waals surface area contributed by atoms with Crippen molar-refractivity contribution in [2.75, 3.05) is 31.7 Å². The van der Waals surface area contributed by atoms with Gasteiger partial charge in [0.05, 0.1) is 18.2 Å². The highest BCUT2D eigenvalue weighted by Crippen LogP contribution is 2.26. The van der Waals surface area contributed by atoms with Gasteiger partial charge >= 0.3 is 5.97 Å². The summed E-state index contributed by atoms with van der Waals surface area (Å²) in [6.45, 7) is 4.62. The molecule has 2 aliphatic rings. The Balaban J connectivity index is 1.65. The van der Waals surface area contributed by atoms with E-state index in [9.17, 15) is 9.59 Å². The van der Waals surface area contributed by atoms with Crippen LogP contribution in [0.5, 0.6) is 0 Å². The molecule has 0 bridgehead atoms. The molecule has 0 saturated carbocycles. The molecular weight excluding hydrogens is 320 g/mol. The van der Waals surface area contributed by atoms with Crippen LogP contribution >= 0.6 is 0 Å². The van der Waals surface area contributed by atoms with E-state index in [0.29, 0.717) is 23.9 Å². The monoisotopic (exact) mass is 346 g/mol. The Morgan fingerprint density at radius 1 is 1.28 bits per heavy atom. The third-order valence-electron chi connectivity index (χ3n) is 4.90. The molecule has 1 aromatic carbocycles. The molecule has 1 N–H and O–H groups in total. The first-order valence-electron chi connectivity index (χ1n) is 9.10. The fourth-order valence-corrected chi connectivity index (χ4v) is 3.69. The molecule has 6 nitrogen and oxygen atoms in total. The molecule has 1 atom stereocenters. The van der Waals surface area contributed by atoms with E-state index in [4.69, 9.17) is 9.47 Å². The Labute approximate surface area is 148 Å². The first-order chi connectivity index (χ1) is 12.2. The van der Waals surface area contributed by atoms with Gasteiger partial charge in [0.15, 0.2) is 0 Å². The molecule has 3 rings (SSSR count). The van der Waals surface area contributed by atoms with Gasteiger partial charge in [0.2, 0.25) is 5.91 Å². The Hall–Kier alpha value is -1.92. The lowest BCUT2D eigenvalue weighted by atomic mass is 10.1. The number of anilines is 1. The zero-order chi connectivity index (χ0) is 17.6. The lowest BCUT2D eigenvalue weighted by Gasteiger charge is -2.34. The fourth-order valence-electron chi connectivity index (χ4n) is 3.69. The van der Waals surface area contributed by atoms with Crippen LogP contribution in [0, 0.1) is 0 Å². The van der Waals surface area contributed by atoms with Crippen LogP contribution in [0.1, 0.15) is 43.0 Å². The van der Waals surface area contributed by atoms with Gasteiger partial charge in [-0.15, -0.1) is 0 Å². The number of rotatable bonds is 5. The van der Waals surface area contributed by atoms with Crippen LogP contribution in [0.15, 0.2) is 24.3 Å². The summed E-state index contributed by atoms with van der Waals surface area (Å²) in [7, 11) is 0. The maximum Gasteiger partial charge on any atom is 0.338 e. The number of hydrogen-bond donors (Lipinski definition) is 1. The zero-order valence-corrected chi connectivity index (χ0v) is 14.7. The Kier molecular flexibility index (Phi) is 6.04. The summed E-state index contributed by atoms with van der Waals surface area (Å²) in [6.07, 6.45) is 3.89. The van der Waals surface area contributed by atoms with Gasteiger partial charge in [-0.1, -0.05) is 6.07 Å². The maximum atomic E-state index is 12.8. The molecule has 2 aliphatic heterocycles. The second-order valence-corrected chi connectivity index (χ2v) is 6.53. The van der Waals surface area contributed by atoms with Gasteiger partial charge in [-0.25, -0.2) is 4.79 Å². The molecule has 25 heavy (non-hydrogen) atoms. The van der Waals surface area contributed by atoms with Gasteiger partial charge in [-0.3, -0.25) is 9.69 Å². The Bertz CT molecular complexity index is 613. The highest BCUT2D eigenvalue weighted by atomic mass is 16.5. The average molecular weight is 346 g/mol. The number of hydrogen-bond acceptors (Lipinski definition) is 5. The van der Waals surface area contributed by atoms with E-state index >= 15 is 0 Å². The van der Waals surface area contributed by atoms with Crippen molar-refractivity contribution in [3.63, 3.8) is 0 Å². The number of amides is 1. The molecule has 6 heteroatoms. The van der Waals surface area contributed by atoms with Crippen molar-refractivity contribution in [1.82, 2.24) is 4.90 Å². The lowest BCUT2D eigenvalue weighted by molar-refractivity contribution is -0.121. The second kappa shape index (κ2) is 8.45. The van der Waals surface area contributed by atoms with Crippen molar-refractivity contribution in [2.24, 2.45) is 0 Å². The SMILES string of the molecule is CCOC(=O)c1cccc(NC(=O)[C@@H]2CCCN2C2CCOCC2)c1. The van der Waals surface area contributed by atoms with Gasteiger partial charge in [0.1, 0.15) is 0 Å². The molecule has 0 aromatic heterocycles. The van der Waals surface area contributed by atoms with Gasteiger partial charge in [-0.05, 0) is 57.4 Å². The smallest absolute Gasteiger partial charge is 0.338 e. The number of likely N-dealkylation sites (tertiary alicyclic amines) is 1. The van der Waals surface area contributed by atoms with Crippen LogP contribution in [-0.4, -0.2) is 55.2 Å². The number of ether oxygens (including phenoxy) is 2. The number of benzene rings is 1. The van der Waals surface area contributed by atoms with E-state index in [1.54, 1.807) is 31.2 Å². The number of esters is 1. The number of carbonyl (C=O) groups is 2. The van der Waals surface area contributed by atoms with Crippen LogP contribution < -0.4 is 5.32 Å². The average Bonchev–Trinajstić information content (AvgIpc) is 3.13. The molecule has 136 valence electrons. The van der Waals surface area contributed by atoms with E-state index in [1.165, 1.54) is 0 Å². The molecule has 0 spiro atoms. The number of nitrogens with zero attached hydrogens (tertiary/aromatic N) is 1. The predicted molar refractivity (Wildman–Crippen MR) is 94.6 cm³/mol. The lowest BCUT2D eigenvalue weighted by Crippen LogP contribution is -2.47. The molecule has 0 unspecified atom stereocenters. The topological polar surface area (TPSA) is 67.9 Å². The second-order valence-electron chi connectivity index (χ2n) is 6.53. The summed E-state index contributed by atoms with van der Waals surface area (Å²) in [5, 5.41) is 2.97. The summed E-state index contributed by atoms with van der Waals surface area (Å²) in [6, 6.07) is 7.25. The first kappa shape index (κ1) is 17.9. The minimum Gasteiger partial charge on any atom is -0.462 e. The van der Waals surface area contributed by atoms with Crippen LogP contribution in [0.3, 0.4) is 0 Å². The Morgan fingerprint density at radius 2 is 2.08 bits per heavy atom. The number of carbonyl (C=O) groups excluding carboxylic acids is 2. The predicted octanol–water partition coefficient (Wildman–Crippen LogP) is 2.45. The van der Waals surface area contributed by atoms with Crippen LogP contribution in [-0.2, 0) is 14.3 Å². The van der Waals surface area contributed by atoms with E-state index in [2.05, 4.69) is 10.2 Å². The molecule has 2 heterocycles. The van der Waals surface area contributed by atoms with Crippen LogP contribution in [0.25, 0.3) is 0 Å². The van der Waals surface area contributed by atoms with Crippen LogP contribution in [0.2, 0.25) is 0 Å². The number of nitrogens with one attached hydrogen (secondary N) is 1. The fraction of sp³-hybridized carbons (Fsp3) is 0.579. The quantitative estimate of drug-likeness (QED) is 0.830. The summed E-state index contributed by atoms with van der Waals surface area (Å²) in [5.41, 5.74) is 1.08. The van der Waals surface area contributed by atoms with Gasteiger partial charge in [0.25, 0.3) is 0 Å². The summed E-state index contributed by atoms with van der Waals surface area (Å²) < 4.78 is 10.4. The third-order valence-corrected chi connectivity index (χ3v) is 4.90. The normalized spacial score (nSPS) is 21.9. The van der Waals surface area contributed by atoms with Crippen molar-refractivity contribution in [3.05, 3.63) is 29.8 Å². The largest absolute Gasteiger partial charge is 0.462 e. The molecule has 0 radical (unpaired) electrons. The van der Waals surface area contributed by atoms with Crippen LogP contribution in [0.4, 0.5) is 5.69 Å². The summed E-state index contributed by atoms with van der Waals surface area (Å²) >= 11 is 0. The van der Waals surface area contributed by atoms with Gasteiger partial charge < -0.3 is 14.8 Å². The third kappa shape index (κ3) is 4.38.